The van der Waals surface area contributed by atoms with Gasteiger partial charge in [-0.3, -0.25) is 0 Å². The lowest BCUT2D eigenvalue weighted by Crippen LogP contribution is -2.27. The van der Waals surface area contributed by atoms with Gasteiger partial charge in [0.05, 0.1) is 0 Å². The van der Waals surface area contributed by atoms with Crippen LogP contribution in [0.25, 0.3) is 130 Å². The minimum absolute atomic E-state index is 0.361. The van der Waals surface area contributed by atoms with Gasteiger partial charge in [-0.2, -0.15) is 0 Å². The molecule has 2 heteroatoms. The van der Waals surface area contributed by atoms with E-state index in [-0.39, 0.29) is 5.41 Å². The summed E-state index contributed by atoms with van der Waals surface area (Å²) < 4.78 is 17.8. The largest absolute Gasteiger partial charge is 0.309 e. The highest BCUT2D eigenvalue weighted by Crippen LogP contribution is 2.54. The molecule has 0 N–H and O–H groups in total. The summed E-state index contributed by atoms with van der Waals surface area (Å²) in [4.78, 5) is 0. The number of benzene rings is 15. The minimum Gasteiger partial charge on any atom is -0.309 e. The molecule has 0 spiro atoms. The average molecular weight is 893 g/mol. The molecule has 0 bridgehead atoms. The van der Waals surface area contributed by atoms with Crippen LogP contribution >= 0.6 is 7.14 Å². The third kappa shape index (κ3) is 4.78. The van der Waals surface area contributed by atoms with E-state index in [2.05, 4.69) is 226 Å². The number of fused-ring (bicyclic) bond motifs is 13. The van der Waals surface area contributed by atoms with Crippen LogP contribution in [0.5, 0.6) is 0 Å². The Bertz CT molecular complexity index is 4640. The van der Waals surface area contributed by atoms with Crippen molar-refractivity contribution < 1.29 is 4.57 Å². The van der Waals surface area contributed by atoms with Crippen LogP contribution in [0, 0.1) is 0 Å². The third-order valence-electron chi connectivity index (χ3n) is 16.5. The van der Waals surface area contributed by atoms with Gasteiger partial charge in [-0.05, 0) is 183 Å². The van der Waals surface area contributed by atoms with Crippen LogP contribution in [0.3, 0.4) is 0 Å². The number of hydrogen-bond acceptors (Lipinski definition) is 1. The third-order valence-corrected chi connectivity index (χ3v) is 19.5. The van der Waals surface area contributed by atoms with E-state index < -0.39 is 7.14 Å². The van der Waals surface area contributed by atoms with Crippen LogP contribution in [-0.2, 0) is 9.98 Å². The molecule has 69 heavy (non-hydrogen) atoms. The zero-order valence-electron chi connectivity index (χ0n) is 38.1. The number of rotatable bonds is 3. The molecule has 0 radical (unpaired) electrons. The van der Waals surface area contributed by atoms with E-state index in [4.69, 9.17) is 0 Å². The SMILES string of the molecule is CC1(C)c2cc(P(=O)(c3cc4cccc5c6cccc7cccc(c(c3)c45)c76)c3cc4cccc5c6cccc7cccc(c(c3)c45)c76)ccc2-c2cc3c4ccccc4c4ccccc4c3cc21. The molecule has 1 nitrogen and oxygen atoms in total. The van der Waals surface area contributed by atoms with E-state index in [1.54, 1.807) is 0 Å². The molecule has 15 aromatic carbocycles. The van der Waals surface area contributed by atoms with Crippen LogP contribution in [0.15, 0.2) is 212 Å². The van der Waals surface area contributed by atoms with E-state index in [0.717, 1.165) is 37.5 Å². The second-order valence-electron chi connectivity index (χ2n) is 20.2. The number of hydrogen-bond donors (Lipinski definition) is 0. The van der Waals surface area contributed by atoms with Crippen molar-refractivity contribution >= 4 is 142 Å². The van der Waals surface area contributed by atoms with Gasteiger partial charge in [0.15, 0.2) is 7.14 Å². The first-order valence-corrected chi connectivity index (χ1v) is 25.9. The molecule has 0 aromatic heterocycles. The first-order chi connectivity index (χ1) is 33.8. The first-order valence-electron chi connectivity index (χ1n) is 24.2. The Morgan fingerprint density at radius 2 is 0.638 bits per heavy atom. The van der Waals surface area contributed by atoms with Crippen molar-refractivity contribution in [3.05, 3.63) is 223 Å². The molecule has 0 amide bonds. The van der Waals surface area contributed by atoms with E-state index in [1.807, 2.05) is 0 Å². The quantitative estimate of drug-likeness (QED) is 0.0981. The van der Waals surface area contributed by atoms with Gasteiger partial charge in [-0.1, -0.05) is 184 Å². The topological polar surface area (TPSA) is 17.1 Å². The highest BCUT2D eigenvalue weighted by molar-refractivity contribution is 7.85. The lowest BCUT2D eigenvalue weighted by Gasteiger charge is -2.26. The molecule has 15 aromatic rings. The van der Waals surface area contributed by atoms with E-state index >= 15 is 4.57 Å². The van der Waals surface area contributed by atoms with Crippen LogP contribution < -0.4 is 15.9 Å². The lowest BCUT2D eigenvalue weighted by atomic mass is 9.81. The van der Waals surface area contributed by atoms with Crippen molar-refractivity contribution in [1.82, 2.24) is 0 Å². The summed E-state index contributed by atoms with van der Waals surface area (Å²) in [6.45, 7) is 4.72. The summed E-state index contributed by atoms with van der Waals surface area (Å²) >= 11 is 0. The molecular weight excluding hydrogens is 852 g/mol. The summed E-state index contributed by atoms with van der Waals surface area (Å²) in [5, 5.41) is 29.4. The van der Waals surface area contributed by atoms with Crippen LogP contribution in [0.2, 0.25) is 0 Å². The Balaban J connectivity index is 1.01. The normalized spacial score (nSPS) is 13.8. The predicted octanol–water partition coefficient (Wildman–Crippen LogP) is 17.2. The molecule has 0 saturated carbocycles. The predicted molar refractivity (Wildman–Crippen MR) is 298 cm³/mol. The molecule has 16 rings (SSSR count). The van der Waals surface area contributed by atoms with Gasteiger partial charge in [-0.15, -0.1) is 0 Å². The Kier molecular flexibility index (Phi) is 7.21. The Morgan fingerprint density at radius 1 is 0.275 bits per heavy atom. The molecule has 1 aliphatic carbocycles. The van der Waals surface area contributed by atoms with Crippen LogP contribution in [0.4, 0.5) is 0 Å². The lowest BCUT2D eigenvalue weighted by molar-refractivity contribution is 0.592. The summed E-state index contributed by atoms with van der Waals surface area (Å²) in [6, 6.07) is 78.5. The van der Waals surface area contributed by atoms with Crippen molar-refractivity contribution in [2.75, 3.05) is 0 Å². The maximum absolute atomic E-state index is 17.8. The van der Waals surface area contributed by atoms with Gasteiger partial charge in [0.1, 0.15) is 0 Å². The standard InChI is InChI=1S/C67H41OP/c1-67(2)61-35-42(29-30-49(61)58-36-56-47-21-5-3-19-45(47)46-20-4-6-22-48(46)57(56)37-62(58)67)69(68,43-31-40-17-11-25-52-50-23-7-13-38-15-9-27-54(63(38)50)59(33-43)65(40)52)44-32-41-18-12-26-53-51-24-8-14-39-16-10-28-55(64(39)51)60(34-44)66(41)53/h3-37H,1-2H3. The maximum atomic E-state index is 17.8. The smallest absolute Gasteiger partial charge is 0.171 e. The van der Waals surface area contributed by atoms with Crippen molar-refractivity contribution in [3.8, 4) is 11.1 Å². The van der Waals surface area contributed by atoms with Gasteiger partial charge in [0.25, 0.3) is 0 Å². The molecular formula is C67H41OP. The fraction of sp³-hybridized carbons (Fsp3) is 0.0448. The molecule has 0 fully saturated rings. The second-order valence-corrected chi connectivity index (χ2v) is 23.0. The molecule has 0 aliphatic heterocycles. The van der Waals surface area contributed by atoms with Crippen LogP contribution in [-0.4, -0.2) is 0 Å². The summed E-state index contributed by atoms with van der Waals surface area (Å²) in [5.41, 5.74) is 4.63. The van der Waals surface area contributed by atoms with Crippen molar-refractivity contribution in [1.29, 1.82) is 0 Å². The van der Waals surface area contributed by atoms with Crippen molar-refractivity contribution in [3.63, 3.8) is 0 Å². The van der Waals surface area contributed by atoms with Gasteiger partial charge >= 0.3 is 0 Å². The average Bonchev–Trinajstić information content (AvgIpc) is 3.62. The zero-order valence-corrected chi connectivity index (χ0v) is 39.0. The molecule has 0 unspecified atom stereocenters. The molecule has 0 atom stereocenters. The van der Waals surface area contributed by atoms with Gasteiger partial charge in [0.2, 0.25) is 0 Å². The fourth-order valence-corrected chi connectivity index (χ4v) is 16.2. The summed E-state index contributed by atoms with van der Waals surface area (Å²) in [6.07, 6.45) is 0. The summed E-state index contributed by atoms with van der Waals surface area (Å²) in [7, 11) is -3.66. The van der Waals surface area contributed by atoms with E-state index in [1.165, 1.54) is 119 Å². The molecule has 320 valence electrons. The molecule has 0 saturated heterocycles. The highest BCUT2D eigenvalue weighted by atomic mass is 31.2. The van der Waals surface area contributed by atoms with E-state index in [0.29, 0.717) is 0 Å². The van der Waals surface area contributed by atoms with E-state index in [9.17, 15) is 0 Å². The van der Waals surface area contributed by atoms with Crippen LogP contribution in [0.1, 0.15) is 25.0 Å². The Morgan fingerprint density at radius 3 is 1.10 bits per heavy atom. The Labute approximate surface area is 397 Å². The zero-order chi connectivity index (χ0) is 45.5. The van der Waals surface area contributed by atoms with Gasteiger partial charge in [0, 0.05) is 21.3 Å². The first kappa shape index (κ1) is 37.9. The molecule has 0 heterocycles. The minimum atomic E-state index is -3.66. The molecule has 1 aliphatic rings. The van der Waals surface area contributed by atoms with Crippen molar-refractivity contribution in [2.24, 2.45) is 0 Å². The Hall–Kier alpha value is -8.09. The maximum Gasteiger partial charge on any atom is 0.171 e. The summed E-state index contributed by atoms with van der Waals surface area (Å²) in [5.74, 6) is 0. The second kappa shape index (κ2) is 13.1. The monoisotopic (exact) mass is 892 g/mol. The fourth-order valence-electron chi connectivity index (χ4n) is 13.4. The van der Waals surface area contributed by atoms with Crippen molar-refractivity contribution in [2.45, 2.75) is 19.3 Å². The highest BCUT2D eigenvalue weighted by Gasteiger charge is 2.40. The van der Waals surface area contributed by atoms with Gasteiger partial charge < -0.3 is 4.57 Å². The van der Waals surface area contributed by atoms with Gasteiger partial charge in [-0.25, -0.2) is 0 Å².